The molecule has 4 nitrogen and oxygen atoms in total. The molecule has 0 aliphatic carbocycles. The van der Waals surface area contributed by atoms with Crippen LogP contribution >= 0.6 is 0 Å². The Morgan fingerprint density at radius 2 is 2.44 bits per heavy atom. The first-order valence-corrected chi connectivity index (χ1v) is 6.38. The zero-order chi connectivity index (χ0) is 11.4. The van der Waals surface area contributed by atoms with Gasteiger partial charge in [-0.2, -0.15) is 0 Å². The summed E-state index contributed by atoms with van der Waals surface area (Å²) < 4.78 is 5.53. The van der Waals surface area contributed by atoms with Crippen LogP contribution in [0.3, 0.4) is 0 Å². The number of hydrogen-bond donors (Lipinski definition) is 1. The van der Waals surface area contributed by atoms with E-state index in [4.69, 9.17) is 4.74 Å². The Balaban J connectivity index is 1.70. The minimum Gasteiger partial charge on any atom is -0.378 e. The molecule has 0 radical (unpaired) electrons. The number of carbonyl (C=O) groups is 1. The third-order valence-corrected chi connectivity index (χ3v) is 3.43. The van der Waals surface area contributed by atoms with Gasteiger partial charge in [-0.25, -0.2) is 0 Å². The molecule has 2 heterocycles. The van der Waals surface area contributed by atoms with E-state index in [1.807, 2.05) is 4.90 Å². The first kappa shape index (κ1) is 11.9. The summed E-state index contributed by atoms with van der Waals surface area (Å²) in [6.45, 7) is 5.63. The Hall–Kier alpha value is -0.610. The summed E-state index contributed by atoms with van der Waals surface area (Å²) in [6.07, 6.45) is 4.17. The van der Waals surface area contributed by atoms with Gasteiger partial charge in [0.2, 0.25) is 5.91 Å². The third kappa shape index (κ3) is 3.19. The van der Waals surface area contributed by atoms with Crippen molar-refractivity contribution >= 4 is 5.91 Å². The number of carbonyl (C=O) groups excluding carboxylic acids is 1. The number of rotatable bonds is 3. The first-order valence-electron chi connectivity index (χ1n) is 6.38. The quantitative estimate of drug-likeness (QED) is 0.772. The van der Waals surface area contributed by atoms with Crippen LogP contribution < -0.4 is 5.32 Å². The molecule has 16 heavy (non-hydrogen) atoms. The highest BCUT2D eigenvalue weighted by atomic mass is 16.5. The lowest BCUT2D eigenvalue weighted by molar-refractivity contribution is -0.132. The van der Waals surface area contributed by atoms with E-state index < -0.39 is 0 Å². The summed E-state index contributed by atoms with van der Waals surface area (Å²) in [6, 6.07) is 0.431. The molecular weight excluding hydrogens is 204 g/mol. The largest absolute Gasteiger partial charge is 0.378 e. The highest BCUT2D eigenvalue weighted by Crippen LogP contribution is 2.17. The van der Waals surface area contributed by atoms with Crippen LogP contribution in [0.15, 0.2) is 0 Å². The molecule has 0 aromatic heterocycles. The fraction of sp³-hybridized carbons (Fsp3) is 0.917. The Morgan fingerprint density at radius 3 is 3.12 bits per heavy atom. The SMILES string of the molecule is C[C@H]1CN(C(=O)CCC2CCCO2)CCN1. The number of nitrogens with one attached hydrogen (secondary N) is 1. The van der Waals surface area contributed by atoms with Gasteiger partial charge in [0.05, 0.1) is 6.10 Å². The van der Waals surface area contributed by atoms with E-state index in [-0.39, 0.29) is 0 Å². The molecule has 2 rings (SSSR count). The second-order valence-electron chi connectivity index (χ2n) is 4.87. The first-order chi connectivity index (χ1) is 7.75. The van der Waals surface area contributed by atoms with Gasteiger partial charge >= 0.3 is 0 Å². The second kappa shape index (κ2) is 5.64. The molecule has 0 saturated carbocycles. The predicted molar refractivity (Wildman–Crippen MR) is 62.3 cm³/mol. The van der Waals surface area contributed by atoms with Gasteiger partial charge in [-0.05, 0) is 26.2 Å². The highest BCUT2D eigenvalue weighted by Gasteiger charge is 2.22. The lowest BCUT2D eigenvalue weighted by Gasteiger charge is -2.32. The van der Waals surface area contributed by atoms with Crippen molar-refractivity contribution in [3.63, 3.8) is 0 Å². The minimum absolute atomic E-state index is 0.295. The van der Waals surface area contributed by atoms with Crippen LogP contribution in [0.2, 0.25) is 0 Å². The Morgan fingerprint density at radius 1 is 1.56 bits per heavy atom. The molecule has 2 atom stereocenters. The molecule has 2 aliphatic heterocycles. The number of amides is 1. The molecule has 4 heteroatoms. The van der Waals surface area contributed by atoms with Crippen LogP contribution in [0.4, 0.5) is 0 Å². The second-order valence-corrected chi connectivity index (χ2v) is 4.87. The van der Waals surface area contributed by atoms with Gasteiger partial charge in [-0.3, -0.25) is 4.79 Å². The van der Waals surface area contributed by atoms with Crippen LogP contribution in [-0.2, 0) is 9.53 Å². The minimum atomic E-state index is 0.295. The Bertz CT molecular complexity index is 239. The van der Waals surface area contributed by atoms with Crippen LogP contribution in [0.25, 0.3) is 0 Å². The lowest BCUT2D eigenvalue weighted by Crippen LogP contribution is -2.51. The van der Waals surface area contributed by atoms with Crippen molar-refractivity contribution in [2.75, 3.05) is 26.2 Å². The van der Waals surface area contributed by atoms with Crippen molar-refractivity contribution < 1.29 is 9.53 Å². The van der Waals surface area contributed by atoms with Crippen molar-refractivity contribution in [1.82, 2.24) is 10.2 Å². The average Bonchev–Trinajstić information content (AvgIpc) is 2.78. The van der Waals surface area contributed by atoms with Gasteiger partial charge < -0.3 is 15.0 Å². The molecule has 1 unspecified atom stereocenters. The molecule has 0 aromatic carbocycles. The summed E-state index contributed by atoms with van der Waals surface area (Å²) in [5.41, 5.74) is 0. The maximum absolute atomic E-state index is 11.9. The Kier molecular flexibility index (Phi) is 4.18. The monoisotopic (exact) mass is 226 g/mol. The molecular formula is C12H22N2O2. The van der Waals surface area contributed by atoms with Gasteiger partial charge in [0.15, 0.2) is 0 Å². The topological polar surface area (TPSA) is 41.6 Å². The third-order valence-electron chi connectivity index (χ3n) is 3.43. The number of nitrogens with zero attached hydrogens (tertiary/aromatic N) is 1. The van der Waals surface area contributed by atoms with Crippen molar-refractivity contribution in [2.24, 2.45) is 0 Å². The van der Waals surface area contributed by atoms with E-state index in [0.29, 0.717) is 24.5 Å². The molecule has 0 bridgehead atoms. The molecule has 0 aromatic rings. The van der Waals surface area contributed by atoms with E-state index in [1.165, 1.54) is 0 Å². The van der Waals surface area contributed by atoms with E-state index >= 15 is 0 Å². The van der Waals surface area contributed by atoms with E-state index in [0.717, 1.165) is 45.5 Å². The zero-order valence-electron chi connectivity index (χ0n) is 10.1. The molecule has 2 fully saturated rings. The summed E-state index contributed by atoms with van der Waals surface area (Å²) in [5.74, 6) is 0.295. The maximum Gasteiger partial charge on any atom is 0.222 e. The number of piperazine rings is 1. The van der Waals surface area contributed by atoms with Crippen molar-refractivity contribution in [1.29, 1.82) is 0 Å². The van der Waals surface area contributed by atoms with Gasteiger partial charge in [-0.15, -0.1) is 0 Å². The average molecular weight is 226 g/mol. The summed E-state index contributed by atoms with van der Waals surface area (Å²) in [7, 11) is 0. The normalized spacial score (nSPS) is 30.7. The Labute approximate surface area is 97.3 Å². The lowest BCUT2D eigenvalue weighted by atomic mass is 10.1. The molecule has 92 valence electrons. The fourth-order valence-electron chi connectivity index (χ4n) is 2.47. The fourth-order valence-corrected chi connectivity index (χ4v) is 2.47. The van der Waals surface area contributed by atoms with Gasteiger partial charge in [-0.1, -0.05) is 0 Å². The number of ether oxygens (including phenoxy) is 1. The van der Waals surface area contributed by atoms with Gasteiger partial charge in [0.1, 0.15) is 0 Å². The van der Waals surface area contributed by atoms with Crippen LogP contribution in [0, 0.1) is 0 Å². The molecule has 2 saturated heterocycles. The molecule has 2 aliphatic rings. The smallest absolute Gasteiger partial charge is 0.222 e. The van der Waals surface area contributed by atoms with Crippen molar-refractivity contribution in [2.45, 2.75) is 44.8 Å². The zero-order valence-corrected chi connectivity index (χ0v) is 10.1. The maximum atomic E-state index is 11.9. The van der Waals surface area contributed by atoms with Crippen LogP contribution in [0.1, 0.15) is 32.6 Å². The highest BCUT2D eigenvalue weighted by molar-refractivity contribution is 5.76. The summed E-state index contributed by atoms with van der Waals surface area (Å²) in [4.78, 5) is 13.9. The summed E-state index contributed by atoms with van der Waals surface area (Å²) in [5, 5.41) is 3.35. The van der Waals surface area contributed by atoms with Crippen molar-refractivity contribution in [3.05, 3.63) is 0 Å². The predicted octanol–water partition coefficient (Wildman–Crippen LogP) is 0.766. The van der Waals surface area contributed by atoms with Crippen LogP contribution in [0.5, 0.6) is 0 Å². The van der Waals surface area contributed by atoms with E-state index in [2.05, 4.69) is 12.2 Å². The molecule has 1 amide bonds. The van der Waals surface area contributed by atoms with Gasteiger partial charge in [0.25, 0.3) is 0 Å². The van der Waals surface area contributed by atoms with Crippen molar-refractivity contribution in [3.8, 4) is 0 Å². The molecule has 0 spiro atoms. The number of hydrogen-bond acceptors (Lipinski definition) is 3. The van der Waals surface area contributed by atoms with E-state index in [1.54, 1.807) is 0 Å². The molecule has 1 N–H and O–H groups in total. The standard InChI is InChI=1S/C12H22N2O2/c1-10-9-14(7-6-13-10)12(15)5-4-11-3-2-8-16-11/h10-11,13H,2-9H2,1H3/t10-,11?/m0/s1. The van der Waals surface area contributed by atoms with Crippen LogP contribution in [-0.4, -0.2) is 49.2 Å². The van der Waals surface area contributed by atoms with Gasteiger partial charge in [0, 0.05) is 38.7 Å². The summed E-state index contributed by atoms with van der Waals surface area (Å²) >= 11 is 0. The van der Waals surface area contributed by atoms with E-state index in [9.17, 15) is 4.79 Å².